The minimum absolute atomic E-state index is 0.274. The van der Waals surface area contributed by atoms with Crippen LogP contribution < -0.4 is 5.32 Å². The molecule has 1 fully saturated rings. The molecule has 0 aliphatic heterocycles. The van der Waals surface area contributed by atoms with Crippen LogP contribution in [0.4, 0.5) is 27.5 Å². The molecule has 1 aliphatic carbocycles. The highest BCUT2D eigenvalue weighted by molar-refractivity contribution is 5.70. The van der Waals surface area contributed by atoms with E-state index in [2.05, 4.69) is 5.32 Å². The summed E-state index contributed by atoms with van der Waals surface area (Å²) in [7, 11) is 0. The number of benzene rings is 2. The fourth-order valence-electron chi connectivity index (χ4n) is 3.99. The van der Waals surface area contributed by atoms with Crippen LogP contribution in [0.1, 0.15) is 49.3 Å². The van der Waals surface area contributed by atoms with Crippen molar-refractivity contribution in [2.24, 2.45) is 0 Å². The molecule has 1 N–H and O–H groups in total. The summed E-state index contributed by atoms with van der Waals surface area (Å²) >= 11 is 0. The molecule has 0 aromatic heterocycles. The molecule has 184 valence electrons. The summed E-state index contributed by atoms with van der Waals surface area (Å²) in [5.74, 6) is 0. The Morgan fingerprint density at radius 2 is 1.40 bits per heavy atom. The topological polar surface area (TPSA) is 211 Å². The van der Waals surface area contributed by atoms with Crippen LogP contribution >= 0.6 is 0 Å². The summed E-state index contributed by atoms with van der Waals surface area (Å²) in [6, 6.07) is 4.97. The van der Waals surface area contributed by atoms with E-state index in [1.807, 2.05) is 0 Å². The van der Waals surface area contributed by atoms with Crippen LogP contribution in [0.5, 0.6) is 0 Å². The van der Waals surface area contributed by atoms with Gasteiger partial charge >= 0.3 is 6.09 Å². The predicted molar refractivity (Wildman–Crippen MR) is 118 cm³/mol. The molecule has 0 bridgehead atoms. The summed E-state index contributed by atoms with van der Waals surface area (Å²) in [4.78, 5) is 55.2. The predicted octanol–water partition coefficient (Wildman–Crippen LogP) is 4.47. The monoisotopic (exact) mass is 489 g/mol. The molecule has 3 rings (SSSR count). The summed E-state index contributed by atoms with van der Waals surface area (Å²) in [6.45, 7) is 0. The highest BCUT2D eigenvalue weighted by atomic mass is 16.6. The third-order valence-corrected chi connectivity index (χ3v) is 5.57. The molecule has 1 saturated carbocycles. The Morgan fingerprint density at radius 1 is 0.829 bits per heavy atom. The lowest BCUT2D eigenvalue weighted by molar-refractivity contribution is -0.397. The molecule has 1 atom stereocenters. The molecule has 0 heterocycles. The van der Waals surface area contributed by atoms with Crippen molar-refractivity contribution in [1.29, 1.82) is 0 Å². The number of hydrogen-bond donors (Lipinski definition) is 1. The second-order valence-corrected chi connectivity index (χ2v) is 7.75. The number of nitro benzene ring substituents is 4. The molecular weight excluding hydrogens is 470 g/mol. The smallest absolute Gasteiger partial charge is 0.408 e. The number of rotatable bonds is 8. The number of ether oxygens (including phenoxy) is 1. The van der Waals surface area contributed by atoms with E-state index in [-0.39, 0.29) is 6.04 Å². The van der Waals surface area contributed by atoms with Gasteiger partial charge in [-0.2, -0.15) is 0 Å². The van der Waals surface area contributed by atoms with Gasteiger partial charge in [0.05, 0.1) is 31.3 Å². The molecule has 1 amide bonds. The molecule has 1 aliphatic rings. The average Bonchev–Trinajstić information content (AvgIpc) is 2.82. The van der Waals surface area contributed by atoms with Crippen molar-refractivity contribution in [2.45, 2.75) is 44.2 Å². The first-order chi connectivity index (χ1) is 16.6. The van der Waals surface area contributed by atoms with Crippen molar-refractivity contribution >= 4 is 28.8 Å². The number of nitrogens with one attached hydrogen (secondary N) is 1. The maximum Gasteiger partial charge on any atom is 0.408 e. The Bertz CT molecular complexity index is 1160. The number of amides is 1. The highest BCUT2D eigenvalue weighted by Gasteiger charge is 2.39. The van der Waals surface area contributed by atoms with E-state index in [1.165, 1.54) is 0 Å². The van der Waals surface area contributed by atoms with Gasteiger partial charge in [0.1, 0.15) is 0 Å². The van der Waals surface area contributed by atoms with Crippen molar-refractivity contribution < 1.29 is 29.2 Å². The quantitative estimate of drug-likeness (QED) is 0.406. The number of carbonyl (C=O) groups excluding carboxylic acids is 1. The Labute approximate surface area is 196 Å². The molecule has 15 nitrogen and oxygen atoms in total. The molecule has 1 unspecified atom stereocenters. The van der Waals surface area contributed by atoms with Gasteiger partial charge in [-0.1, -0.05) is 19.3 Å². The molecule has 2 aromatic rings. The summed E-state index contributed by atoms with van der Waals surface area (Å²) in [5, 5.41) is 48.8. The molecule has 0 spiro atoms. The van der Waals surface area contributed by atoms with Crippen LogP contribution in [-0.2, 0) is 4.74 Å². The molecular formula is C20H19N5O10. The molecule has 0 radical (unpaired) electrons. The first-order valence-corrected chi connectivity index (χ1v) is 10.4. The SMILES string of the molecule is O=C(NC1CCCCC1)OC(c1ccc([N+](=O)[O-])cc1[N+](=O)[O-])c1c([N+](=O)[O-])cccc1[N+](=O)[O-]. The van der Waals surface area contributed by atoms with Crippen molar-refractivity contribution in [2.75, 3.05) is 0 Å². The zero-order valence-corrected chi connectivity index (χ0v) is 18.0. The minimum atomic E-state index is -1.98. The second kappa shape index (κ2) is 10.5. The maximum atomic E-state index is 12.7. The van der Waals surface area contributed by atoms with Gasteiger partial charge in [-0.05, 0) is 25.0 Å². The van der Waals surface area contributed by atoms with E-state index >= 15 is 0 Å². The van der Waals surface area contributed by atoms with Crippen LogP contribution in [0.2, 0.25) is 0 Å². The number of nitrogens with zero attached hydrogens (tertiary/aromatic N) is 4. The van der Waals surface area contributed by atoms with Crippen LogP contribution in [0.25, 0.3) is 0 Å². The Hall–Kier alpha value is -4.69. The molecule has 0 saturated heterocycles. The lowest BCUT2D eigenvalue weighted by Crippen LogP contribution is -2.37. The van der Waals surface area contributed by atoms with E-state index in [9.17, 15) is 45.3 Å². The number of nitro groups is 4. The summed E-state index contributed by atoms with van der Waals surface area (Å²) in [5.41, 5.74) is -4.41. The fourth-order valence-corrected chi connectivity index (χ4v) is 3.99. The second-order valence-electron chi connectivity index (χ2n) is 7.75. The van der Waals surface area contributed by atoms with E-state index in [4.69, 9.17) is 4.74 Å². The van der Waals surface area contributed by atoms with Gasteiger partial charge in [0, 0.05) is 24.2 Å². The van der Waals surface area contributed by atoms with E-state index in [1.54, 1.807) is 0 Å². The first-order valence-electron chi connectivity index (χ1n) is 10.4. The van der Waals surface area contributed by atoms with Crippen LogP contribution in [0.15, 0.2) is 36.4 Å². The van der Waals surface area contributed by atoms with Gasteiger partial charge in [-0.3, -0.25) is 40.5 Å². The van der Waals surface area contributed by atoms with Gasteiger partial charge < -0.3 is 10.1 Å². The van der Waals surface area contributed by atoms with Gasteiger partial charge in [-0.25, -0.2) is 4.79 Å². The standard InChI is InChI=1S/C20H19N5O10/c26-20(21-12-5-2-1-3-6-12)35-19(14-10-9-13(22(27)28)11-17(14)25(33)34)18-15(23(29)30)7-4-8-16(18)24(31)32/h4,7-12,19H,1-3,5-6H2,(H,21,26). The number of hydrogen-bond acceptors (Lipinski definition) is 10. The Morgan fingerprint density at radius 3 is 1.91 bits per heavy atom. The highest BCUT2D eigenvalue weighted by Crippen LogP contribution is 2.43. The minimum Gasteiger partial charge on any atom is -0.436 e. The third-order valence-electron chi connectivity index (χ3n) is 5.57. The van der Waals surface area contributed by atoms with Crippen LogP contribution in [0.3, 0.4) is 0 Å². The molecule has 35 heavy (non-hydrogen) atoms. The zero-order chi connectivity index (χ0) is 25.7. The van der Waals surface area contributed by atoms with Crippen molar-refractivity contribution in [3.05, 3.63) is 88.0 Å². The molecule has 15 heteroatoms. The van der Waals surface area contributed by atoms with Crippen molar-refractivity contribution in [3.8, 4) is 0 Å². The summed E-state index contributed by atoms with van der Waals surface area (Å²) in [6.07, 6.45) is 0.874. The largest absolute Gasteiger partial charge is 0.436 e. The van der Waals surface area contributed by atoms with Crippen LogP contribution in [-0.4, -0.2) is 31.8 Å². The van der Waals surface area contributed by atoms with Gasteiger partial charge in [-0.15, -0.1) is 0 Å². The van der Waals surface area contributed by atoms with Gasteiger partial charge in [0.25, 0.3) is 22.7 Å². The third kappa shape index (κ3) is 5.63. The van der Waals surface area contributed by atoms with Gasteiger partial charge in [0.15, 0.2) is 11.7 Å². The number of carbonyl (C=O) groups is 1. The molecule has 2 aromatic carbocycles. The first kappa shape index (κ1) is 24.9. The normalized spacial score (nSPS) is 14.5. The van der Waals surface area contributed by atoms with E-state index in [0.29, 0.717) is 18.9 Å². The lowest BCUT2D eigenvalue weighted by atomic mass is 9.95. The number of non-ortho nitro benzene ring substituents is 1. The van der Waals surface area contributed by atoms with Crippen molar-refractivity contribution in [3.63, 3.8) is 0 Å². The maximum absolute atomic E-state index is 12.7. The Balaban J connectivity index is 2.19. The Kier molecular flexibility index (Phi) is 7.48. The van der Waals surface area contributed by atoms with Gasteiger partial charge in [0.2, 0.25) is 0 Å². The lowest BCUT2D eigenvalue weighted by Gasteiger charge is -2.24. The van der Waals surface area contributed by atoms with E-state index in [0.717, 1.165) is 49.6 Å². The average molecular weight is 489 g/mol. The van der Waals surface area contributed by atoms with Crippen molar-refractivity contribution in [1.82, 2.24) is 5.32 Å². The number of alkyl carbamates (subject to hydrolysis) is 1. The van der Waals surface area contributed by atoms with Crippen LogP contribution in [0, 0.1) is 40.5 Å². The fraction of sp³-hybridized carbons (Fsp3) is 0.350. The van der Waals surface area contributed by atoms with E-state index < -0.39 is 65.8 Å². The summed E-state index contributed by atoms with van der Waals surface area (Å²) < 4.78 is 5.36. The zero-order valence-electron chi connectivity index (χ0n) is 18.0.